The lowest BCUT2D eigenvalue weighted by Crippen LogP contribution is -2.33. The number of hydrogen-bond acceptors (Lipinski definition) is 4. The van der Waals surface area contributed by atoms with Gasteiger partial charge in [-0.05, 0) is 13.3 Å². The Balaban J connectivity index is 2.04. The third kappa shape index (κ3) is 2.86. The number of nitrogens with one attached hydrogen (secondary N) is 1. The average molecular weight is 268 g/mol. The quantitative estimate of drug-likeness (QED) is 0.805. The highest BCUT2D eigenvalue weighted by Gasteiger charge is 2.22. The summed E-state index contributed by atoms with van der Waals surface area (Å²) in [5.41, 5.74) is 0.185. The molecule has 0 saturated carbocycles. The van der Waals surface area contributed by atoms with Crippen LogP contribution in [0, 0.1) is 12.8 Å². The number of aryl methyl sites for hydroxylation is 1. The second-order valence-electron chi connectivity index (χ2n) is 4.26. The summed E-state index contributed by atoms with van der Waals surface area (Å²) >= 11 is 5.89. The van der Waals surface area contributed by atoms with E-state index in [1.165, 1.54) is 6.20 Å². The van der Waals surface area contributed by atoms with E-state index in [1.807, 2.05) is 12.2 Å². The van der Waals surface area contributed by atoms with Crippen molar-refractivity contribution in [3.05, 3.63) is 34.9 Å². The van der Waals surface area contributed by atoms with Gasteiger partial charge in [-0.15, -0.1) is 0 Å². The van der Waals surface area contributed by atoms with Crippen LogP contribution in [0.5, 0.6) is 0 Å². The van der Waals surface area contributed by atoms with Crippen LogP contribution in [0.4, 0.5) is 0 Å². The van der Waals surface area contributed by atoms with E-state index in [9.17, 15) is 4.79 Å². The van der Waals surface area contributed by atoms with Gasteiger partial charge in [0.1, 0.15) is 11.5 Å². The SMILES string of the molecule is Cc1ncc(Cl)c(C(=O)N[C@@H]2C=C[C@H](CO)C2)n1. The summed E-state index contributed by atoms with van der Waals surface area (Å²) in [6, 6.07) is -0.0824. The molecular weight excluding hydrogens is 254 g/mol. The van der Waals surface area contributed by atoms with Crippen molar-refractivity contribution in [1.82, 2.24) is 15.3 Å². The molecule has 1 heterocycles. The fourth-order valence-electron chi connectivity index (χ4n) is 1.87. The minimum Gasteiger partial charge on any atom is -0.396 e. The molecule has 0 radical (unpaired) electrons. The van der Waals surface area contributed by atoms with Gasteiger partial charge < -0.3 is 10.4 Å². The standard InChI is InChI=1S/C12H14ClN3O2/c1-7-14-5-10(13)11(15-7)12(18)16-9-3-2-8(4-9)6-17/h2-3,5,8-9,17H,4,6H2,1H3,(H,16,18)/t8-,9+/m0/s1. The van der Waals surface area contributed by atoms with Crippen molar-refractivity contribution in [2.45, 2.75) is 19.4 Å². The summed E-state index contributed by atoms with van der Waals surface area (Å²) < 4.78 is 0. The first-order valence-corrected chi connectivity index (χ1v) is 6.07. The number of carbonyl (C=O) groups is 1. The molecule has 1 aliphatic carbocycles. The first-order valence-electron chi connectivity index (χ1n) is 5.69. The van der Waals surface area contributed by atoms with Gasteiger partial charge in [-0.1, -0.05) is 23.8 Å². The summed E-state index contributed by atoms with van der Waals surface area (Å²) in [7, 11) is 0. The van der Waals surface area contributed by atoms with E-state index in [2.05, 4.69) is 15.3 Å². The molecule has 96 valence electrons. The van der Waals surface area contributed by atoms with Gasteiger partial charge in [0.05, 0.1) is 11.2 Å². The summed E-state index contributed by atoms with van der Waals surface area (Å²) in [6.07, 6.45) is 5.89. The van der Waals surface area contributed by atoms with Gasteiger partial charge in [-0.25, -0.2) is 9.97 Å². The average Bonchev–Trinajstić information content (AvgIpc) is 2.80. The molecule has 0 saturated heterocycles. The summed E-state index contributed by atoms with van der Waals surface area (Å²) in [5.74, 6) is 0.288. The lowest BCUT2D eigenvalue weighted by atomic mass is 10.1. The highest BCUT2D eigenvalue weighted by molar-refractivity contribution is 6.33. The van der Waals surface area contributed by atoms with Gasteiger partial charge in [0.2, 0.25) is 0 Å². The molecule has 1 amide bonds. The van der Waals surface area contributed by atoms with Gasteiger partial charge in [0.15, 0.2) is 0 Å². The molecule has 1 aromatic rings. The number of aliphatic hydroxyl groups is 1. The zero-order chi connectivity index (χ0) is 13.1. The van der Waals surface area contributed by atoms with Crippen LogP contribution in [-0.2, 0) is 0 Å². The van der Waals surface area contributed by atoms with Crippen LogP contribution in [0.25, 0.3) is 0 Å². The fourth-order valence-corrected chi connectivity index (χ4v) is 2.05. The molecular formula is C12H14ClN3O2. The number of carbonyl (C=O) groups excluding carboxylic acids is 1. The van der Waals surface area contributed by atoms with Crippen LogP contribution in [0.15, 0.2) is 18.3 Å². The minimum absolute atomic E-state index is 0.0824. The molecule has 6 heteroatoms. The topological polar surface area (TPSA) is 75.1 Å². The first kappa shape index (κ1) is 13.0. The molecule has 0 fully saturated rings. The van der Waals surface area contributed by atoms with E-state index >= 15 is 0 Å². The van der Waals surface area contributed by atoms with E-state index in [4.69, 9.17) is 16.7 Å². The summed E-state index contributed by atoms with van der Waals surface area (Å²) in [5, 5.41) is 12.1. The van der Waals surface area contributed by atoms with Crippen molar-refractivity contribution in [3.8, 4) is 0 Å². The van der Waals surface area contributed by atoms with E-state index in [1.54, 1.807) is 6.92 Å². The largest absolute Gasteiger partial charge is 0.396 e. The number of aliphatic hydroxyl groups excluding tert-OH is 1. The van der Waals surface area contributed by atoms with Crippen molar-refractivity contribution in [2.24, 2.45) is 5.92 Å². The van der Waals surface area contributed by atoms with Gasteiger partial charge in [-0.2, -0.15) is 0 Å². The number of nitrogens with zero attached hydrogens (tertiary/aromatic N) is 2. The Morgan fingerprint density at radius 2 is 2.39 bits per heavy atom. The minimum atomic E-state index is -0.321. The van der Waals surface area contributed by atoms with Crippen LogP contribution in [0.2, 0.25) is 5.02 Å². The molecule has 0 aliphatic heterocycles. The summed E-state index contributed by atoms with van der Waals surface area (Å²) in [6.45, 7) is 1.79. The molecule has 0 aromatic carbocycles. The van der Waals surface area contributed by atoms with Crippen molar-refractivity contribution >= 4 is 17.5 Å². The Bertz CT molecular complexity index is 490. The predicted molar refractivity (Wildman–Crippen MR) is 67.4 cm³/mol. The third-order valence-corrected chi connectivity index (χ3v) is 3.08. The third-order valence-electron chi connectivity index (χ3n) is 2.80. The Kier molecular flexibility index (Phi) is 3.93. The fraction of sp³-hybridized carbons (Fsp3) is 0.417. The van der Waals surface area contributed by atoms with Crippen molar-refractivity contribution < 1.29 is 9.90 Å². The van der Waals surface area contributed by atoms with Crippen LogP contribution >= 0.6 is 11.6 Å². The number of halogens is 1. The monoisotopic (exact) mass is 267 g/mol. The van der Waals surface area contributed by atoms with E-state index in [0.717, 1.165) is 0 Å². The Morgan fingerprint density at radius 3 is 3.06 bits per heavy atom. The molecule has 2 rings (SSSR count). The predicted octanol–water partition coefficient (Wildman–Crippen LogP) is 1.11. The van der Waals surface area contributed by atoms with Crippen molar-refractivity contribution in [3.63, 3.8) is 0 Å². The highest BCUT2D eigenvalue weighted by atomic mass is 35.5. The smallest absolute Gasteiger partial charge is 0.272 e. The molecule has 1 aliphatic rings. The van der Waals surface area contributed by atoms with E-state index in [0.29, 0.717) is 12.2 Å². The number of amides is 1. The maximum atomic E-state index is 12.0. The molecule has 18 heavy (non-hydrogen) atoms. The summed E-state index contributed by atoms with van der Waals surface area (Å²) in [4.78, 5) is 19.9. The first-order chi connectivity index (χ1) is 8.60. The lowest BCUT2D eigenvalue weighted by molar-refractivity contribution is 0.0936. The second kappa shape index (κ2) is 5.46. The molecule has 0 bridgehead atoms. The normalized spacial score (nSPS) is 22.2. The van der Waals surface area contributed by atoms with Gasteiger partial charge >= 0.3 is 0 Å². The van der Waals surface area contributed by atoms with Gasteiger partial charge in [-0.3, -0.25) is 4.79 Å². The highest BCUT2D eigenvalue weighted by Crippen LogP contribution is 2.18. The van der Waals surface area contributed by atoms with Crippen molar-refractivity contribution in [1.29, 1.82) is 0 Å². The Morgan fingerprint density at radius 1 is 1.61 bits per heavy atom. The van der Waals surface area contributed by atoms with E-state index < -0.39 is 0 Å². The number of hydrogen-bond donors (Lipinski definition) is 2. The van der Waals surface area contributed by atoms with Crippen LogP contribution in [0.3, 0.4) is 0 Å². The molecule has 0 unspecified atom stereocenters. The Hall–Kier alpha value is -1.46. The van der Waals surface area contributed by atoms with Gasteiger partial charge in [0.25, 0.3) is 5.91 Å². The van der Waals surface area contributed by atoms with Crippen LogP contribution in [0.1, 0.15) is 22.7 Å². The molecule has 5 nitrogen and oxygen atoms in total. The molecule has 0 spiro atoms. The zero-order valence-corrected chi connectivity index (χ0v) is 10.7. The van der Waals surface area contributed by atoms with Gasteiger partial charge in [0, 0.05) is 18.6 Å². The lowest BCUT2D eigenvalue weighted by Gasteiger charge is -2.12. The molecule has 1 aromatic heterocycles. The maximum absolute atomic E-state index is 12.0. The zero-order valence-electron chi connectivity index (χ0n) is 9.93. The molecule has 2 atom stereocenters. The van der Waals surface area contributed by atoms with Crippen LogP contribution in [-0.4, -0.2) is 33.6 Å². The van der Waals surface area contributed by atoms with Crippen LogP contribution < -0.4 is 5.32 Å². The maximum Gasteiger partial charge on any atom is 0.272 e. The van der Waals surface area contributed by atoms with E-state index in [-0.39, 0.29) is 35.2 Å². The number of aromatic nitrogens is 2. The molecule has 2 N–H and O–H groups in total. The van der Waals surface area contributed by atoms with Crippen molar-refractivity contribution in [2.75, 3.05) is 6.61 Å². The Labute approximate surface area is 110 Å². The second-order valence-corrected chi connectivity index (χ2v) is 4.66. The number of rotatable bonds is 3.